The summed E-state index contributed by atoms with van der Waals surface area (Å²) in [7, 11) is 0. The number of thiazole rings is 2. The zero-order valence-corrected chi connectivity index (χ0v) is 14.5. The van der Waals surface area contributed by atoms with Crippen molar-refractivity contribution in [3.8, 4) is 17.3 Å². The predicted molar refractivity (Wildman–Crippen MR) is 95.0 cm³/mol. The minimum atomic E-state index is -0.673. The summed E-state index contributed by atoms with van der Waals surface area (Å²) in [5.74, 6) is -0.783. The number of hydrogen-bond donors (Lipinski definition) is 0. The highest BCUT2D eigenvalue weighted by Gasteiger charge is 2.26. The van der Waals surface area contributed by atoms with Crippen molar-refractivity contribution in [3.63, 3.8) is 0 Å². The van der Waals surface area contributed by atoms with Gasteiger partial charge in [0.2, 0.25) is 0 Å². The van der Waals surface area contributed by atoms with Crippen LogP contribution < -0.4 is 0 Å². The summed E-state index contributed by atoms with van der Waals surface area (Å²) in [6.45, 7) is 0. The SMILES string of the molecule is N#C/C(=C\c1csc(C2CC2)n1)c1nc(-c2c(F)cccc2F)cs1. The molecule has 124 valence electrons. The van der Waals surface area contributed by atoms with Crippen LogP contribution in [-0.4, -0.2) is 9.97 Å². The Kier molecular flexibility index (Phi) is 4.15. The van der Waals surface area contributed by atoms with Crippen LogP contribution in [0.4, 0.5) is 8.78 Å². The summed E-state index contributed by atoms with van der Waals surface area (Å²) < 4.78 is 27.8. The number of hydrogen-bond acceptors (Lipinski definition) is 5. The molecule has 3 nitrogen and oxygen atoms in total. The second-order valence-electron chi connectivity index (χ2n) is 5.69. The number of nitrogens with zero attached hydrogens (tertiary/aromatic N) is 3. The molecule has 2 aromatic heterocycles. The molecule has 7 heteroatoms. The Hall–Kier alpha value is -2.43. The largest absolute Gasteiger partial charge is 0.242 e. The van der Waals surface area contributed by atoms with Gasteiger partial charge in [0.05, 0.1) is 27.5 Å². The van der Waals surface area contributed by atoms with Crippen LogP contribution in [0.2, 0.25) is 0 Å². The minimum Gasteiger partial charge on any atom is -0.242 e. The summed E-state index contributed by atoms with van der Waals surface area (Å²) in [5.41, 5.74) is 1.07. The van der Waals surface area contributed by atoms with E-state index in [0.29, 0.717) is 16.5 Å². The first-order valence-electron chi connectivity index (χ1n) is 7.63. The Morgan fingerprint density at radius 2 is 1.92 bits per heavy atom. The van der Waals surface area contributed by atoms with Gasteiger partial charge in [0.15, 0.2) is 0 Å². The Labute approximate surface area is 150 Å². The quantitative estimate of drug-likeness (QED) is 0.570. The Morgan fingerprint density at radius 1 is 1.16 bits per heavy atom. The number of allylic oxidation sites excluding steroid dienone is 1. The molecule has 0 saturated heterocycles. The highest BCUT2D eigenvalue weighted by molar-refractivity contribution is 7.11. The van der Waals surface area contributed by atoms with Crippen molar-refractivity contribution in [1.82, 2.24) is 9.97 Å². The van der Waals surface area contributed by atoms with Crippen molar-refractivity contribution < 1.29 is 8.78 Å². The molecule has 0 amide bonds. The van der Waals surface area contributed by atoms with Crippen molar-refractivity contribution in [2.45, 2.75) is 18.8 Å². The molecule has 1 aliphatic rings. The highest BCUT2D eigenvalue weighted by atomic mass is 32.1. The number of nitriles is 1. The fraction of sp³-hybridized carbons (Fsp3) is 0.167. The molecule has 0 spiro atoms. The third-order valence-electron chi connectivity index (χ3n) is 3.83. The average Bonchev–Trinajstić information content (AvgIpc) is 3.15. The van der Waals surface area contributed by atoms with Crippen molar-refractivity contribution in [2.75, 3.05) is 0 Å². The standard InChI is InChI=1S/C18H11F2N3S2/c19-13-2-1-3-14(20)16(13)15-9-25-18(23-15)11(7-21)6-12-8-24-17(22-12)10-4-5-10/h1-3,6,8-10H,4-5H2/b11-6+. The topological polar surface area (TPSA) is 49.6 Å². The molecular formula is C18H11F2N3S2. The highest BCUT2D eigenvalue weighted by Crippen LogP contribution is 2.41. The fourth-order valence-corrected chi connectivity index (χ4v) is 4.15. The maximum Gasteiger partial charge on any atom is 0.135 e. The lowest BCUT2D eigenvalue weighted by atomic mass is 10.1. The van der Waals surface area contributed by atoms with Crippen LogP contribution >= 0.6 is 22.7 Å². The van der Waals surface area contributed by atoms with E-state index in [1.165, 1.54) is 42.4 Å². The molecule has 3 aromatic rings. The zero-order chi connectivity index (χ0) is 17.4. The zero-order valence-electron chi connectivity index (χ0n) is 12.9. The van der Waals surface area contributed by atoms with Gasteiger partial charge in [-0.05, 0) is 31.1 Å². The number of rotatable bonds is 4. The smallest absolute Gasteiger partial charge is 0.135 e. The van der Waals surface area contributed by atoms with E-state index in [-0.39, 0.29) is 11.3 Å². The first-order chi connectivity index (χ1) is 12.2. The molecule has 2 heterocycles. The van der Waals surface area contributed by atoms with E-state index in [1.807, 2.05) is 5.38 Å². The molecule has 0 radical (unpaired) electrons. The summed E-state index contributed by atoms with van der Waals surface area (Å²) in [6, 6.07) is 5.78. The maximum atomic E-state index is 13.9. The van der Waals surface area contributed by atoms with Gasteiger partial charge in [-0.15, -0.1) is 22.7 Å². The molecule has 0 aliphatic heterocycles. The van der Waals surface area contributed by atoms with Crippen molar-refractivity contribution in [1.29, 1.82) is 5.26 Å². The maximum absolute atomic E-state index is 13.9. The van der Waals surface area contributed by atoms with E-state index in [2.05, 4.69) is 16.0 Å². The van der Waals surface area contributed by atoms with Crippen LogP contribution in [0.5, 0.6) is 0 Å². The number of halogens is 2. The number of aromatic nitrogens is 2. The second kappa shape index (κ2) is 6.47. The van der Waals surface area contributed by atoms with E-state index in [9.17, 15) is 14.0 Å². The third-order valence-corrected chi connectivity index (χ3v) is 5.73. The van der Waals surface area contributed by atoms with E-state index in [1.54, 1.807) is 22.8 Å². The van der Waals surface area contributed by atoms with E-state index in [0.717, 1.165) is 10.7 Å². The lowest BCUT2D eigenvalue weighted by molar-refractivity contribution is 0.589. The van der Waals surface area contributed by atoms with E-state index < -0.39 is 11.6 Å². The molecule has 0 N–H and O–H groups in total. The first-order valence-corrected chi connectivity index (χ1v) is 9.39. The summed E-state index contributed by atoms with van der Waals surface area (Å²) >= 11 is 2.77. The van der Waals surface area contributed by atoms with Crippen molar-refractivity contribution >= 4 is 34.3 Å². The minimum absolute atomic E-state index is 0.174. The Balaban J connectivity index is 1.67. The summed E-state index contributed by atoms with van der Waals surface area (Å²) in [6.07, 6.45) is 4.01. The first kappa shape index (κ1) is 16.1. The van der Waals surface area contributed by atoms with Gasteiger partial charge in [-0.1, -0.05) is 6.07 Å². The van der Waals surface area contributed by atoms with Crippen LogP contribution in [0.3, 0.4) is 0 Å². The third kappa shape index (κ3) is 3.23. The van der Waals surface area contributed by atoms with Crippen LogP contribution in [0, 0.1) is 23.0 Å². The second-order valence-corrected chi connectivity index (χ2v) is 7.44. The van der Waals surface area contributed by atoms with Gasteiger partial charge in [0.25, 0.3) is 0 Å². The summed E-state index contributed by atoms with van der Waals surface area (Å²) in [5, 5.41) is 14.4. The van der Waals surface area contributed by atoms with E-state index >= 15 is 0 Å². The molecule has 1 fully saturated rings. The molecule has 4 rings (SSSR count). The van der Waals surface area contributed by atoms with Crippen LogP contribution in [0.1, 0.15) is 34.5 Å². The van der Waals surface area contributed by atoms with Gasteiger partial charge in [-0.25, -0.2) is 18.7 Å². The van der Waals surface area contributed by atoms with Crippen LogP contribution in [0.15, 0.2) is 29.0 Å². The molecule has 0 atom stereocenters. The normalized spacial score (nSPS) is 14.5. The monoisotopic (exact) mass is 371 g/mol. The van der Waals surface area contributed by atoms with Crippen LogP contribution in [-0.2, 0) is 0 Å². The van der Waals surface area contributed by atoms with E-state index in [4.69, 9.17) is 0 Å². The van der Waals surface area contributed by atoms with Gasteiger partial charge in [-0.2, -0.15) is 5.26 Å². The lowest BCUT2D eigenvalue weighted by Gasteiger charge is -2.00. The molecule has 1 aromatic carbocycles. The van der Waals surface area contributed by atoms with Gasteiger partial charge >= 0.3 is 0 Å². The average molecular weight is 371 g/mol. The van der Waals surface area contributed by atoms with Crippen molar-refractivity contribution in [2.24, 2.45) is 0 Å². The van der Waals surface area contributed by atoms with Crippen molar-refractivity contribution in [3.05, 3.63) is 56.3 Å². The molecule has 1 saturated carbocycles. The van der Waals surface area contributed by atoms with Gasteiger partial charge in [0.1, 0.15) is 22.7 Å². The van der Waals surface area contributed by atoms with Crippen LogP contribution in [0.25, 0.3) is 22.9 Å². The predicted octanol–water partition coefficient (Wildman–Crippen LogP) is 5.49. The molecule has 1 aliphatic carbocycles. The molecule has 0 unspecified atom stereocenters. The van der Waals surface area contributed by atoms with Gasteiger partial charge in [0, 0.05) is 16.7 Å². The number of benzene rings is 1. The molecule has 25 heavy (non-hydrogen) atoms. The molecular weight excluding hydrogens is 360 g/mol. The fourth-order valence-electron chi connectivity index (χ4n) is 2.43. The van der Waals surface area contributed by atoms with Gasteiger partial charge < -0.3 is 0 Å². The summed E-state index contributed by atoms with van der Waals surface area (Å²) in [4.78, 5) is 8.77. The molecule has 0 bridgehead atoms. The Morgan fingerprint density at radius 3 is 2.60 bits per heavy atom. The Bertz CT molecular complexity index is 989. The lowest BCUT2D eigenvalue weighted by Crippen LogP contribution is -1.90. The van der Waals surface area contributed by atoms with Gasteiger partial charge in [-0.3, -0.25) is 0 Å².